The first-order valence-electron chi connectivity index (χ1n) is 11.9. The number of hydrogen-bond acceptors (Lipinski definition) is 9. The van der Waals surface area contributed by atoms with E-state index in [4.69, 9.17) is 15.5 Å². The Morgan fingerprint density at radius 2 is 1.86 bits per heavy atom. The van der Waals surface area contributed by atoms with E-state index in [1.165, 1.54) is 11.7 Å². The van der Waals surface area contributed by atoms with E-state index in [1.807, 2.05) is 12.1 Å². The minimum atomic E-state index is -0.663. The van der Waals surface area contributed by atoms with Gasteiger partial charge in [-0.3, -0.25) is 14.2 Å². The van der Waals surface area contributed by atoms with Gasteiger partial charge in [-0.05, 0) is 63.0 Å². The predicted octanol–water partition coefficient (Wildman–Crippen LogP) is 2.08. The number of ether oxygens (including phenoxy) is 1. The minimum Gasteiger partial charge on any atom is -0.481 e. The maximum absolute atomic E-state index is 13.3. The van der Waals surface area contributed by atoms with Gasteiger partial charge in [0.25, 0.3) is 5.56 Å². The molecule has 11 heteroatoms. The molecule has 3 fully saturated rings. The molecule has 5 heterocycles. The molecule has 0 aromatic carbocycles. The van der Waals surface area contributed by atoms with Crippen LogP contribution in [0.3, 0.4) is 0 Å². The Hall–Kier alpha value is -3.76. The number of nitrogens with two attached hydrogens (primary N) is 1. The highest BCUT2D eigenvalue weighted by atomic mass is 16.5. The molecule has 1 saturated carbocycles. The summed E-state index contributed by atoms with van der Waals surface area (Å²) < 4.78 is 6.50. The van der Waals surface area contributed by atoms with Gasteiger partial charge in [-0.2, -0.15) is 9.97 Å². The third kappa shape index (κ3) is 3.32. The number of fused-ring (bicyclic) bond motifs is 3. The maximum atomic E-state index is 13.3. The summed E-state index contributed by atoms with van der Waals surface area (Å²) in [4.78, 5) is 44.4. The number of piperidine rings is 1. The Labute approximate surface area is 201 Å². The molecule has 2 bridgehead atoms. The molecular weight excluding hydrogens is 450 g/mol. The Morgan fingerprint density at radius 1 is 1.14 bits per heavy atom. The number of aryl methyl sites for hydroxylation is 1. The van der Waals surface area contributed by atoms with Crippen molar-refractivity contribution in [1.82, 2.24) is 24.5 Å². The fourth-order valence-electron chi connectivity index (χ4n) is 6.56. The van der Waals surface area contributed by atoms with Crippen LogP contribution in [0.4, 0.5) is 11.6 Å². The van der Waals surface area contributed by atoms with Crippen molar-refractivity contribution in [3.05, 3.63) is 34.5 Å². The molecule has 3 aromatic rings. The molecular formula is C24H27N7O4. The van der Waals surface area contributed by atoms with Gasteiger partial charge in [0, 0.05) is 12.1 Å². The van der Waals surface area contributed by atoms with E-state index in [0.29, 0.717) is 23.6 Å². The van der Waals surface area contributed by atoms with Crippen molar-refractivity contribution in [3.8, 4) is 11.7 Å². The summed E-state index contributed by atoms with van der Waals surface area (Å²) in [6, 6.07) is 4.63. The fraction of sp³-hybridized carbons (Fsp3) is 0.500. The molecule has 2 aliphatic heterocycles. The number of carbonyl (C=O) groups is 1. The number of anilines is 2. The summed E-state index contributed by atoms with van der Waals surface area (Å²) >= 11 is 0. The zero-order valence-electron chi connectivity index (χ0n) is 19.6. The Balaban J connectivity index is 1.29. The molecule has 35 heavy (non-hydrogen) atoms. The van der Waals surface area contributed by atoms with Crippen molar-refractivity contribution < 1.29 is 14.6 Å². The van der Waals surface area contributed by atoms with Crippen molar-refractivity contribution >= 4 is 28.6 Å². The van der Waals surface area contributed by atoms with Gasteiger partial charge < -0.3 is 20.5 Å². The van der Waals surface area contributed by atoms with Gasteiger partial charge in [0.1, 0.15) is 22.8 Å². The van der Waals surface area contributed by atoms with Crippen molar-refractivity contribution in [3.63, 3.8) is 0 Å². The van der Waals surface area contributed by atoms with Crippen LogP contribution in [-0.2, 0) is 4.79 Å². The van der Waals surface area contributed by atoms with E-state index in [2.05, 4.69) is 19.9 Å². The standard InChI is InChI=1S/C24H27N7O4/c1-12-27-20-18(19(25)28-23(29-20)35-2)21(32)30(12)16-5-6-17(26-11-16)31-14-3-4-15(31)10-24(9-14)7-13(8-24)22(33)34/h5-6,11,13-15H,3-4,7-10H2,1-2H3,(H,33,34)(H2,25,28,29). The third-order valence-corrected chi connectivity index (χ3v) is 8.01. The van der Waals surface area contributed by atoms with E-state index < -0.39 is 5.97 Å². The molecule has 3 aromatic heterocycles. The highest BCUT2D eigenvalue weighted by molar-refractivity contribution is 5.84. The lowest BCUT2D eigenvalue weighted by Gasteiger charge is -2.54. The number of aromatic nitrogens is 5. The number of carboxylic acid groups (broad SMARTS) is 1. The second kappa shape index (κ2) is 7.62. The fourth-order valence-corrected chi connectivity index (χ4v) is 6.56. The van der Waals surface area contributed by atoms with Gasteiger partial charge in [0.05, 0.1) is 24.9 Å². The highest BCUT2D eigenvalue weighted by Gasteiger charge is 2.55. The molecule has 1 aliphatic carbocycles. The normalized spacial score (nSPS) is 27.3. The zero-order valence-corrected chi connectivity index (χ0v) is 19.6. The first-order chi connectivity index (χ1) is 16.8. The number of methoxy groups -OCH3 is 1. The number of carboxylic acids is 1. The smallest absolute Gasteiger partial charge is 0.320 e. The van der Waals surface area contributed by atoms with Crippen LogP contribution in [0.2, 0.25) is 0 Å². The van der Waals surface area contributed by atoms with Crippen LogP contribution in [0.5, 0.6) is 6.01 Å². The number of pyridine rings is 1. The minimum absolute atomic E-state index is 0.0163. The van der Waals surface area contributed by atoms with Crippen molar-refractivity contribution in [2.75, 3.05) is 17.7 Å². The molecule has 3 N–H and O–H groups in total. The molecule has 2 unspecified atom stereocenters. The van der Waals surface area contributed by atoms with Crippen LogP contribution in [-0.4, -0.2) is 54.8 Å². The highest BCUT2D eigenvalue weighted by Crippen LogP contribution is 2.58. The zero-order chi connectivity index (χ0) is 24.5. The SMILES string of the molecule is COc1nc(N)c2c(=O)n(-c3ccc(N4C5CCC4CC4(CC(C(=O)O)C4)C5)nc3)c(C)nc2n1. The van der Waals surface area contributed by atoms with Gasteiger partial charge in [-0.1, -0.05) is 0 Å². The average molecular weight is 478 g/mol. The molecule has 1 spiro atoms. The molecule has 2 saturated heterocycles. The Morgan fingerprint density at radius 3 is 2.46 bits per heavy atom. The largest absolute Gasteiger partial charge is 0.481 e. The van der Waals surface area contributed by atoms with Gasteiger partial charge >= 0.3 is 12.0 Å². The summed E-state index contributed by atoms with van der Waals surface area (Å²) in [5, 5.41) is 9.45. The number of nitrogens with zero attached hydrogens (tertiary/aromatic N) is 6. The van der Waals surface area contributed by atoms with Crippen molar-refractivity contribution in [2.45, 2.75) is 57.5 Å². The van der Waals surface area contributed by atoms with Crippen molar-refractivity contribution in [1.29, 1.82) is 0 Å². The van der Waals surface area contributed by atoms with Gasteiger partial charge in [0.2, 0.25) is 0 Å². The van der Waals surface area contributed by atoms with Crippen LogP contribution in [0.25, 0.3) is 16.7 Å². The average Bonchev–Trinajstić information content (AvgIpc) is 3.07. The van der Waals surface area contributed by atoms with Gasteiger partial charge in [-0.25, -0.2) is 9.97 Å². The summed E-state index contributed by atoms with van der Waals surface area (Å²) in [5.74, 6) is 0.509. The second-order valence-corrected chi connectivity index (χ2v) is 10.1. The monoisotopic (exact) mass is 477 g/mol. The Bertz CT molecular complexity index is 1380. The van der Waals surface area contributed by atoms with E-state index in [9.17, 15) is 14.7 Å². The molecule has 0 radical (unpaired) electrons. The lowest BCUT2D eigenvalue weighted by atomic mass is 9.56. The number of hydrogen-bond donors (Lipinski definition) is 2. The molecule has 6 rings (SSSR count). The topological polar surface area (TPSA) is 149 Å². The first-order valence-corrected chi connectivity index (χ1v) is 11.9. The molecule has 11 nitrogen and oxygen atoms in total. The van der Waals surface area contributed by atoms with E-state index in [0.717, 1.165) is 44.3 Å². The van der Waals surface area contributed by atoms with Gasteiger partial charge in [0.15, 0.2) is 5.65 Å². The summed E-state index contributed by atoms with van der Waals surface area (Å²) in [6.45, 7) is 1.73. The predicted molar refractivity (Wildman–Crippen MR) is 128 cm³/mol. The quantitative estimate of drug-likeness (QED) is 0.572. The van der Waals surface area contributed by atoms with Gasteiger partial charge in [-0.15, -0.1) is 0 Å². The van der Waals surface area contributed by atoms with Crippen LogP contribution in [0.1, 0.15) is 44.3 Å². The second-order valence-electron chi connectivity index (χ2n) is 10.1. The van der Waals surface area contributed by atoms with Crippen LogP contribution in [0, 0.1) is 18.3 Å². The lowest BCUT2D eigenvalue weighted by molar-refractivity contribution is -0.151. The molecule has 0 amide bonds. The summed E-state index contributed by atoms with van der Waals surface area (Å²) in [5.41, 5.74) is 6.61. The van der Waals surface area contributed by atoms with E-state index >= 15 is 0 Å². The Kier molecular flexibility index (Phi) is 4.74. The number of rotatable bonds is 4. The summed E-state index contributed by atoms with van der Waals surface area (Å²) in [6.07, 6.45) is 7.52. The molecule has 3 aliphatic rings. The maximum Gasteiger partial charge on any atom is 0.320 e. The first kappa shape index (κ1) is 21.8. The third-order valence-electron chi connectivity index (χ3n) is 8.01. The van der Waals surface area contributed by atoms with E-state index in [-0.39, 0.29) is 39.8 Å². The number of nitrogen functional groups attached to an aromatic ring is 1. The lowest BCUT2D eigenvalue weighted by Crippen LogP contribution is -2.54. The van der Waals surface area contributed by atoms with Crippen LogP contribution in [0.15, 0.2) is 23.1 Å². The van der Waals surface area contributed by atoms with Crippen LogP contribution >= 0.6 is 0 Å². The molecule has 2 atom stereocenters. The summed E-state index contributed by atoms with van der Waals surface area (Å²) in [7, 11) is 1.43. The van der Waals surface area contributed by atoms with Crippen molar-refractivity contribution in [2.24, 2.45) is 11.3 Å². The van der Waals surface area contributed by atoms with E-state index in [1.54, 1.807) is 13.1 Å². The van der Waals surface area contributed by atoms with Crippen LogP contribution < -0.4 is 20.9 Å². The molecule has 182 valence electrons. The number of aliphatic carboxylic acids is 1.